The van der Waals surface area contributed by atoms with Crippen molar-refractivity contribution in [2.24, 2.45) is 16.7 Å². The number of benzene rings is 1. The maximum absolute atomic E-state index is 13.7. The van der Waals surface area contributed by atoms with Crippen molar-refractivity contribution < 1.29 is 102 Å². The smallest absolute Gasteiger partial charge is 0.331 e. The van der Waals surface area contributed by atoms with Crippen molar-refractivity contribution in [3.8, 4) is 0 Å². The number of hydrogen-bond donors (Lipinski definition) is 7. The Labute approximate surface area is 463 Å². The first kappa shape index (κ1) is 61.0. The highest BCUT2D eigenvalue weighted by atomic mass is 16.8. The second kappa shape index (κ2) is 23.5. The van der Waals surface area contributed by atoms with Crippen LogP contribution in [0.2, 0.25) is 0 Å². The molecule has 1 aromatic carbocycles. The average molecular weight is 1120 g/mol. The van der Waals surface area contributed by atoms with E-state index in [1.54, 1.807) is 47.3 Å². The van der Waals surface area contributed by atoms with E-state index < -0.39 is 168 Å². The number of carbonyl (C=O) groups is 1. The van der Waals surface area contributed by atoms with Crippen LogP contribution in [0.4, 0.5) is 0 Å². The molecule has 4 saturated heterocycles. The minimum absolute atomic E-state index is 0.0282. The summed E-state index contributed by atoms with van der Waals surface area (Å²) in [6.07, 6.45) is -7.51. The molecule has 0 spiro atoms. The molecule has 8 aliphatic rings. The van der Waals surface area contributed by atoms with Crippen molar-refractivity contribution in [3.63, 3.8) is 0 Å². The zero-order chi connectivity index (χ0) is 57.2. The van der Waals surface area contributed by atoms with Crippen molar-refractivity contribution in [1.82, 2.24) is 0 Å². The van der Waals surface area contributed by atoms with Gasteiger partial charge in [0.15, 0.2) is 25.2 Å². The van der Waals surface area contributed by atoms with Gasteiger partial charge < -0.3 is 97.3 Å². The molecule has 79 heavy (non-hydrogen) atoms. The normalized spacial score (nSPS) is 50.4. The highest BCUT2D eigenvalue weighted by Gasteiger charge is 2.82. The number of methoxy groups -OCH3 is 4. The molecule has 7 N–H and O–H groups in total. The van der Waals surface area contributed by atoms with Crippen molar-refractivity contribution >= 4 is 12.0 Å². The van der Waals surface area contributed by atoms with Crippen LogP contribution in [0.1, 0.15) is 112 Å². The average Bonchev–Trinajstić information content (AvgIpc) is 3.21. The van der Waals surface area contributed by atoms with Crippen LogP contribution in [0.15, 0.2) is 48.6 Å². The molecule has 4 aliphatic carbocycles. The summed E-state index contributed by atoms with van der Waals surface area (Å²) in [4.78, 5) is 13.7. The van der Waals surface area contributed by atoms with E-state index in [0.29, 0.717) is 25.7 Å². The summed E-state index contributed by atoms with van der Waals surface area (Å²) in [6, 6.07) is 9.21. The fourth-order valence-corrected chi connectivity index (χ4v) is 15.2. The molecule has 446 valence electrons. The van der Waals surface area contributed by atoms with Crippen molar-refractivity contribution in [1.29, 1.82) is 0 Å². The summed E-state index contributed by atoms with van der Waals surface area (Å²) in [6.45, 7) is 12.2. The van der Waals surface area contributed by atoms with Gasteiger partial charge in [0.05, 0.1) is 66.0 Å². The second-order valence-corrected chi connectivity index (χ2v) is 24.2. The number of fused-ring (bicyclic) bond motifs is 5. The van der Waals surface area contributed by atoms with Crippen molar-refractivity contribution in [2.75, 3.05) is 28.4 Å². The van der Waals surface area contributed by atoms with Crippen LogP contribution in [0.3, 0.4) is 0 Å². The van der Waals surface area contributed by atoms with Crippen LogP contribution < -0.4 is 0 Å². The van der Waals surface area contributed by atoms with Crippen LogP contribution in [0.25, 0.3) is 6.08 Å². The van der Waals surface area contributed by atoms with Crippen LogP contribution >= 0.6 is 0 Å². The molecule has 27 atom stereocenters. The number of hydrogen-bond acceptors (Lipinski definition) is 21. The largest absolute Gasteiger partial charge is 0.458 e. The lowest BCUT2D eigenvalue weighted by molar-refractivity contribution is -0.356. The van der Waals surface area contributed by atoms with Gasteiger partial charge in [-0.25, -0.2) is 4.79 Å². The Bertz CT molecular complexity index is 2290. The maximum atomic E-state index is 13.7. The molecular formula is C58H88O21. The van der Waals surface area contributed by atoms with E-state index in [-0.39, 0.29) is 32.1 Å². The van der Waals surface area contributed by atoms with E-state index in [2.05, 4.69) is 0 Å². The molecule has 21 heteroatoms. The van der Waals surface area contributed by atoms with Gasteiger partial charge >= 0.3 is 5.97 Å². The minimum atomic E-state index is -2.09. The van der Waals surface area contributed by atoms with E-state index in [1.807, 2.05) is 58.0 Å². The van der Waals surface area contributed by atoms with Crippen LogP contribution in [-0.4, -0.2) is 215 Å². The number of esters is 1. The third-order valence-electron chi connectivity index (χ3n) is 20.0. The zero-order valence-corrected chi connectivity index (χ0v) is 47.5. The number of aliphatic hydroxyl groups is 7. The molecule has 9 rings (SSSR count). The van der Waals surface area contributed by atoms with Crippen LogP contribution in [-0.2, 0) is 66.4 Å². The van der Waals surface area contributed by atoms with Gasteiger partial charge in [-0.2, -0.15) is 0 Å². The van der Waals surface area contributed by atoms with E-state index in [9.17, 15) is 40.5 Å². The standard InChI is InChI=1S/C58H88O21/c1-30-46(61)51(70-11)47(62)52(74-30)79-50-33(4)73-45(27-39(50)69-10)78-49-32(3)72-44(26-38(49)68-9)77-48-31(2)71-43(25-37(48)67-8)75-36-19-20-53(6)40-28-41(76-42(60)18-17-35-15-13-12-14-16-35)54(7)56(64,34(5)59)23-24-58(54,66)57(40,65)22-21-55(53,63)29-36/h12-18,21-22,30-34,36-41,43-52,59,61-66H,19-20,23-29H2,1-11H3/b18-17+/t30-,31-,32-,33-,34?,36+,37+,38+,39-,40-,41-,43+,44+,45+,46-,47-,48-,49-,50-,51+,52+,53-,54-,55-,56-,57+,58-/m1/s1. The Morgan fingerprint density at radius 1 is 0.658 bits per heavy atom. The maximum Gasteiger partial charge on any atom is 0.331 e. The Hall–Kier alpha value is -2.59. The molecule has 7 fully saturated rings. The predicted octanol–water partition coefficient (Wildman–Crippen LogP) is 2.97. The van der Waals surface area contributed by atoms with Gasteiger partial charge in [0, 0.05) is 71.5 Å². The van der Waals surface area contributed by atoms with Crippen LogP contribution in [0, 0.1) is 16.7 Å². The Balaban J connectivity index is 0.821. The molecule has 21 nitrogen and oxygen atoms in total. The molecule has 0 bridgehead atoms. The van der Waals surface area contributed by atoms with Gasteiger partial charge in [-0.05, 0) is 78.4 Å². The van der Waals surface area contributed by atoms with Gasteiger partial charge in [-0.15, -0.1) is 0 Å². The minimum Gasteiger partial charge on any atom is -0.458 e. The van der Waals surface area contributed by atoms with Crippen molar-refractivity contribution in [2.45, 2.75) is 251 Å². The van der Waals surface area contributed by atoms with E-state index in [4.69, 9.17) is 61.6 Å². The lowest BCUT2D eigenvalue weighted by atomic mass is 9.41. The second-order valence-electron chi connectivity index (χ2n) is 24.2. The zero-order valence-electron chi connectivity index (χ0n) is 47.5. The number of ether oxygens (including phenoxy) is 13. The molecule has 4 aliphatic heterocycles. The first-order valence-corrected chi connectivity index (χ1v) is 28.3. The predicted molar refractivity (Wildman–Crippen MR) is 279 cm³/mol. The summed E-state index contributed by atoms with van der Waals surface area (Å²) in [7, 11) is 6.18. The van der Waals surface area contributed by atoms with Gasteiger partial charge in [-0.3, -0.25) is 0 Å². The van der Waals surface area contributed by atoms with E-state index in [0.717, 1.165) is 5.56 Å². The Morgan fingerprint density at radius 3 is 1.73 bits per heavy atom. The number of rotatable bonds is 16. The molecular weight excluding hydrogens is 1030 g/mol. The molecule has 0 amide bonds. The molecule has 4 heterocycles. The van der Waals surface area contributed by atoms with Gasteiger partial charge in [0.2, 0.25) is 0 Å². The molecule has 0 radical (unpaired) electrons. The van der Waals surface area contributed by atoms with E-state index >= 15 is 0 Å². The third kappa shape index (κ3) is 10.6. The quantitative estimate of drug-likeness (QED) is 0.0712. The number of carbonyl (C=O) groups excluding carboxylic acids is 1. The summed E-state index contributed by atoms with van der Waals surface area (Å²) in [5.41, 5.74) is -9.63. The summed E-state index contributed by atoms with van der Waals surface area (Å²) >= 11 is 0. The molecule has 1 unspecified atom stereocenters. The van der Waals surface area contributed by atoms with Gasteiger partial charge in [0.1, 0.15) is 59.5 Å². The van der Waals surface area contributed by atoms with Gasteiger partial charge in [0.25, 0.3) is 0 Å². The van der Waals surface area contributed by atoms with Crippen molar-refractivity contribution in [3.05, 3.63) is 54.1 Å². The van der Waals surface area contributed by atoms with E-state index in [1.165, 1.54) is 26.2 Å². The van der Waals surface area contributed by atoms with Gasteiger partial charge in [-0.1, -0.05) is 56.3 Å². The summed E-state index contributed by atoms with van der Waals surface area (Å²) in [5, 5.41) is 83.6. The Morgan fingerprint density at radius 2 is 1.20 bits per heavy atom. The molecule has 3 saturated carbocycles. The highest BCUT2D eigenvalue weighted by Crippen LogP contribution is 2.71. The fraction of sp³-hybridized carbons (Fsp3) is 0.810. The fourth-order valence-electron chi connectivity index (χ4n) is 15.2. The SMILES string of the molecule is CO[C@@H]1[C@@H](O)[C@H](O[C@@H]2[C@@H](C)O[C@@H](O[C@H]3[C@@H](OC)C[C@H](O[C@H]4[C@@H](OC)C[C@H](O[C@H]5CC[C@]6(C)[C@H]7C[C@@H](OC(=O)/C=C/c8ccccc8)[C@@]8(C)[C@](O)(CC[C@@]8(O)C(C)O)[C@]7(O)C=C[C@@]6(O)C5)O[C@@H]4C)O[C@@H]3C)C[C@H]2OC)O[C@H](C)[C@H]1O. The lowest BCUT2D eigenvalue weighted by Gasteiger charge is -2.68. The molecule has 0 aromatic heterocycles. The molecule has 1 aromatic rings. The number of aliphatic hydroxyl groups excluding tert-OH is 3. The van der Waals surface area contributed by atoms with Crippen LogP contribution in [0.5, 0.6) is 0 Å². The third-order valence-corrected chi connectivity index (χ3v) is 20.0. The first-order chi connectivity index (χ1) is 37.3. The summed E-state index contributed by atoms with van der Waals surface area (Å²) < 4.78 is 80.8. The topological polar surface area (TPSA) is 279 Å². The highest BCUT2D eigenvalue weighted by molar-refractivity contribution is 5.87. The summed E-state index contributed by atoms with van der Waals surface area (Å²) in [5.74, 6) is -1.58. The Kier molecular flexibility index (Phi) is 18.1. The first-order valence-electron chi connectivity index (χ1n) is 28.3. The lowest BCUT2D eigenvalue weighted by Crippen LogP contribution is -2.80. The monoisotopic (exact) mass is 1120 g/mol.